The third-order valence-corrected chi connectivity index (χ3v) is 5.72. The van der Waals surface area contributed by atoms with Crippen LogP contribution in [0.4, 0.5) is 17.6 Å². The maximum Gasteiger partial charge on any atom is 0.387 e. The zero-order chi connectivity index (χ0) is 15.4. The molecule has 0 bridgehead atoms. The molecule has 21 heavy (non-hydrogen) atoms. The molecule has 0 N–H and O–H groups in total. The van der Waals surface area contributed by atoms with Gasteiger partial charge in [-0.15, -0.1) is 0 Å². The molecule has 0 radical (unpaired) electrons. The molecule has 1 aliphatic heterocycles. The zero-order valence-corrected chi connectivity index (χ0v) is 12.4. The molecule has 2 rings (SSSR count). The Kier molecular flexibility index (Phi) is 5.61. The molecular weight excluding hydrogens is 308 g/mol. The van der Waals surface area contributed by atoms with Gasteiger partial charge in [0.15, 0.2) is 16.4 Å². The van der Waals surface area contributed by atoms with E-state index >= 15 is 0 Å². The summed E-state index contributed by atoms with van der Waals surface area (Å²) in [6, 6.07) is 3.16. The van der Waals surface area contributed by atoms with E-state index in [9.17, 15) is 17.6 Å². The van der Waals surface area contributed by atoms with Crippen LogP contribution in [-0.2, 0) is 10.9 Å². The molecule has 7 heteroatoms. The van der Waals surface area contributed by atoms with Gasteiger partial charge in [-0.3, -0.25) is 0 Å². The van der Waals surface area contributed by atoms with Crippen LogP contribution in [0.5, 0.6) is 11.5 Å². The normalized spacial score (nSPS) is 16.5. The highest BCUT2D eigenvalue weighted by atomic mass is 32.2. The van der Waals surface area contributed by atoms with Crippen molar-refractivity contribution in [1.29, 1.82) is 0 Å². The van der Waals surface area contributed by atoms with Crippen molar-refractivity contribution in [2.45, 2.75) is 44.3 Å². The predicted octanol–water partition coefficient (Wildman–Crippen LogP) is 4.36. The van der Waals surface area contributed by atoms with Gasteiger partial charge in [0.1, 0.15) is 11.5 Å². The molecule has 0 amide bonds. The van der Waals surface area contributed by atoms with E-state index < -0.39 is 13.2 Å². The van der Waals surface area contributed by atoms with E-state index in [0.29, 0.717) is 5.56 Å². The third kappa shape index (κ3) is 4.43. The third-order valence-electron chi connectivity index (χ3n) is 3.25. The highest BCUT2D eigenvalue weighted by molar-refractivity contribution is 7.96. The first kappa shape index (κ1) is 16.3. The summed E-state index contributed by atoms with van der Waals surface area (Å²) in [5.41, 5.74) is 0.390. The van der Waals surface area contributed by atoms with Crippen LogP contribution in [0.3, 0.4) is 0 Å². The molecule has 1 saturated heterocycles. The fraction of sp³-hybridized carbons (Fsp3) is 0.571. The lowest BCUT2D eigenvalue weighted by molar-refractivity contribution is -0.0696. The predicted molar refractivity (Wildman–Crippen MR) is 73.7 cm³/mol. The standard InChI is InChI=1S/C14H17F4O2S/c1-9-7-10(21-5-3-2-4-6-21)8-11(19-13(15)16)12(9)20-14(17)18/h7-8,13-14H,2-6H2,1H3/q+1. The average Bonchev–Trinajstić information content (AvgIpc) is 2.42. The molecule has 0 spiro atoms. The van der Waals surface area contributed by atoms with Gasteiger partial charge in [-0.25, -0.2) is 0 Å². The Morgan fingerprint density at radius 2 is 1.57 bits per heavy atom. The van der Waals surface area contributed by atoms with Gasteiger partial charge in [0.25, 0.3) is 0 Å². The summed E-state index contributed by atoms with van der Waals surface area (Å²) in [6.07, 6.45) is 3.38. The van der Waals surface area contributed by atoms with E-state index in [1.54, 1.807) is 13.0 Å². The number of hydrogen-bond donors (Lipinski definition) is 0. The van der Waals surface area contributed by atoms with E-state index in [1.807, 2.05) is 0 Å². The van der Waals surface area contributed by atoms with Crippen LogP contribution in [0, 0.1) is 6.92 Å². The molecule has 1 heterocycles. The second kappa shape index (κ2) is 7.24. The summed E-state index contributed by atoms with van der Waals surface area (Å²) >= 11 is 0. The van der Waals surface area contributed by atoms with Crippen molar-refractivity contribution >= 4 is 10.9 Å². The van der Waals surface area contributed by atoms with Crippen LogP contribution in [0.15, 0.2) is 17.0 Å². The van der Waals surface area contributed by atoms with Crippen molar-refractivity contribution in [3.63, 3.8) is 0 Å². The summed E-state index contributed by atoms with van der Waals surface area (Å²) in [6.45, 7) is -4.59. The Labute approximate surface area is 123 Å². The van der Waals surface area contributed by atoms with Gasteiger partial charge in [-0.1, -0.05) is 0 Å². The molecule has 0 unspecified atom stereocenters. The van der Waals surface area contributed by atoms with E-state index in [0.717, 1.165) is 29.2 Å². The molecule has 1 aromatic rings. The Morgan fingerprint density at radius 1 is 0.952 bits per heavy atom. The van der Waals surface area contributed by atoms with Crippen molar-refractivity contribution in [3.8, 4) is 11.5 Å². The minimum Gasteiger partial charge on any atom is -0.431 e. The first-order chi connectivity index (χ1) is 9.97. The lowest BCUT2D eigenvalue weighted by Gasteiger charge is -2.17. The quantitative estimate of drug-likeness (QED) is 0.591. The maximum atomic E-state index is 12.5. The fourth-order valence-electron chi connectivity index (χ4n) is 2.37. The first-order valence-corrected chi connectivity index (χ1v) is 8.25. The summed E-state index contributed by atoms with van der Waals surface area (Å²) in [7, 11) is -0.0323. The monoisotopic (exact) mass is 325 g/mol. The summed E-state index contributed by atoms with van der Waals surface area (Å²) < 4.78 is 58.5. The summed E-state index contributed by atoms with van der Waals surface area (Å²) in [4.78, 5) is 0.879. The number of hydrogen-bond acceptors (Lipinski definition) is 2. The van der Waals surface area contributed by atoms with Crippen LogP contribution in [0.1, 0.15) is 24.8 Å². The van der Waals surface area contributed by atoms with Crippen molar-refractivity contribution in [2.24, 2.45) is 0 Å². The fourth-order valence-corrected chi connectivity index (χ4v) is 4.76. The SMILES string of the molecule is Cc1cc([S+]2CCCCC2)cc(OC(F)F)c1OC(F)F. The first-order valence-electron chi connectivity index (χ1n) is 6.69. The largest absolute Gasteiger partial charge is 0.431 e. The van der Waals surface area contributed by atoms with Crippen LogP contribution in [0.25, 0.3) is 0 Å². The Balaban J connectivity index is 2.33. The summed E-state index contributed by atoms with van der Waals surface area (Å²) in [5, 5.41) is 0. The second-order valence-corrected chi connectivity index (χ2v) is 7.06. The van der Waals surface area contributed by atoms with Crippen molar-refractivity contribution in [1.82, 2.24) is 0 Å². The molecule has 118 valence electrons. The van der Waals surface area contributed by atoms with Crippen molar-refractivity contribution in [3.05, 3.63) is 17.7 Å². The van der Waals surface area contributed by atoms with E-state index in [-0.39, 0.29) is 22.4 Å². The Hall–Kier alpha value is -1.11. The van der Waals surface area contributed by atoms with Gasteiger partial charge in [-0.2, -0.15) is 17.6 Å². The topological polar surface area (TPSA) is 18.5 Å². The molecule has 1 aromatic carbocycles. The van der Waals surface area contributed by atoms with E-state index in [1.165, 1.54) is 12.5 Å². The summed E-state index contributed by atoms with van der Waals surface area (Å²) in [5.74, 6) is 1.39. The van der Waals surface area contributed by atoms with Gasteiger partial charge in [-0.05, 0) is 26.2 Å². The van der Waals surface area contributed by atoms with Gasteiger partial charge >= 0.3 is 13.2 Å². The second-order valence-electron chi connectivity index (χ2n) is 4.79. The average molecular weight is 325 g/mol. The van der Waals surface area contributed by atoms with Gasteiger partial charge in [0, 0.05) is 28.6 Å². The lowest BCUT2D eigenvalue weighted by Crippen LogP contribution is -2.18. The highest BCUT2D eigenvalue weighted by Crippen LogP contribution is 2.37. The number of alkyl halides is 4. The number of ether oxygens (including phenoxy) is 2. The lowest BCUT2D eigenvalue weighted by atomic mass is 10.2. The minimum atomic E-state index is -3.08. The van der Waals surface area contributed by atoms with Crippen LogP contribution < -0.4 is 9.47 Å². The molecule has 1 fully saturated rings. The molecule has 2 nitrogen and oxygen atoms in total. The molecule has 1 aliphatic rings. The number of benzene rings is 1. The van der Waals surface area contributed by atoms with E-state index in [4.69, 9.17) is 0 Å². The Morgan fingerprint density at radius 3 is 2.14 bits per heavy atom. The molecule has 0 atom stereocenters. The van der Waals surface area contributed by atoms with Gasteiger partial charge in [0.05, 0.1) is 0 Å². The number of rotatable bonds is 5. The van der Waals surface area contributed by atoms with Gasteiger partial charge in [0.2, 0.25) is 0 Å². The number of aryl methyl sites for hydroxylation is 1. The zero-order valence-electron chi connectivity index (χ0n) is 11.6. The molecule has 0 saturated carbocycles. The maximum absolute atomic E-state index is 12.5. The number of halogens is 4. The molecular formula is C14H17F4O2S+. The van der Waals surface area contributed by atoms with E-state index in [2.05, 4.69) is 9.47 Å². The Bertz CT molecular complexity index is 476. The van der Waals surface area contributed by atoms with Crippen LogP contribution in [-0.4, -0.2) is 24.7 Å². The molecule has 0 aliphatic carbocycles. The molecule has 0 aromatic heterocycles. The van der Waals surface area contributed by atoms with Gasteiger partial charge < -0.3 is 9.47 Å². The minimum absolute atomic E-state index is 0.0323. The van der Waals surface area contributed by atoms with Crippen molar-refractivity contribution < 1.29 is 27.0 Å². The smallest absolute Gasteiger partial charge is 0.387 e. The van der Waals surface area contributed by atoms with Crippen molar-refractivity contribution in [2.75, 3.05) is 11.5 Å². The van der Waals surface area contributed by atoms with Crippen LogP contribution >= 0.6 is 0 Å². The van der Waals surface area contributed by atoms with Crippen LogP contribution in [0.2, 0.25) is 0 Å². The highest BCUT2D eigenvalue weighted by Gasteiger charge is 2.28.